The minimum atomic E-state index is -1.05. The van der Waals surface area contributed by atoms with Crippen LogP contribution in [-0.2, 0) is 11.3 Å². The molecule has 2 saturated heterocycles. The first-order chi connectivity index (χ1) is 16.0. The third kappa shape index (κ3) is 3.69. The Morgan fingerprint density at radius 2 is 1.88 bits per heavy atom. The van der Waals surface area contributed by atoms with Crippen molar-refractivity contribution in [3.8, 4) is 0 Å². The summed E-state index contributed by atoms with van der Waals surface area (Å²) in [5.41, 5.74) is 1.77. The number of likely N-dealkylation sites (tertiary alicyclic amines) is 1. The van der Waals surface area contributed by atoms with Gasteiger partial charge in [-0.3, -0.25) is 24.9 Å². The predicted molar refractivity (Wildman–Crippen MR) is 123 cm³/mol. The first kappa shape index (κ1) is 21.3. The molecule has 33 heavy (non-hydrogen) atoms. The predicted octanol–water partition coefficient (Wildman–Crippen LogP) is 1.98. The van der Waals surface area contributed by atoms with Crippen LogP contribution in [0.1, 0.15) is 24.1 Å². The van der Waals surface area contributed by atoms with Gasteiger partial charge in [0.1, 0.15) is 5.54 Å². The monoisotopic (exact) mass is 446 g/mol. The molecule has 0 saturated carbocycles. The van der Waals surface area contributed by atoms with Crippen molar-refractivity contribution in [3.63, 3.8) is 0 Å². The van der Waals surface area contributed by atoms with Crippen molar-refractivity contribution < 1.29 is 14.7 Å². The van der Waals surface area contributed by atoms with Gasteiger partial charge in [0, 0.05) is 37.7 Å². The van der Waals surface area contributed by atoms with Gasteiger partial charge in [0.2, 0.25) is 5.96 Å². The highest BCUT2D eigenvalue weighted by Crippen LogP contribution is 2.36. The highest BCUT2D eigenvalue weighted by Gasteiger charge is 2.57. The normalized spacial score (nSPS) is 22.6. The highest BCUT2D eigenvalue weighted by atomic mass is 16.3. The zero-order chi connectivity index (χ0) is 23.0. The minimum Gasteiger partial charge on any atom is -0.369 e. The number of aryl methyl sites for hydroxylation is 1. The second kappa shape index (κ2) is 8.42. The van der Waals surface area contributed by atoms with Crippen LogP contribution in [-0.4, -0.2) is 62.6 Å². The van der Waals surface area contributed by atoms with E-state index >= 15 is 0 Å². The first-order valence-electron chi connectivity index (χ1n) is 11.0. The molecule has 9 nitrogen and oxygen atoms in total. The molecule has 0 radical (unpaired) electrons. The number of aliphatic hydroxyl groups is 1. The Labute approximate surface area is 192 Å². The molecule has 2 fully saturated rings. The maximum absolute atomic E-state index is 13.1. The van der Waals surface area contributed by atoms with Gasteiger partial charge in [-0.25, -0.2) is 14.7 Å². The Bertz CT molecular complexity index is 1120. The van der Waals surface area contributed by atoms with Crippen LogP contribution in [0.4, 0.5) is 10.5 Å². The number of aromatic nitrogens is 1. The highest BCUT2D eigenvalue weighted by molar-refractivity contribution is 6.18. The van der Waals surface area contributed by atoms with Crippen LogP contribution in [0.3, 0.4) is 0 Å². The van der Waals surface area contributed by atoms with Gasteiger partial charge >= 0.3 is 6.03 Å². The van der Waals surface area contributed by atoms with Crippen molar-refractivity contribution >= 4 is 23.6 Å². The summed E-state index contributed by atoms with van der Waals surface area (Å²) in [6, 6.07) is 12.7. The van der Waals surface area contributed by atoms with Gasteiger partial charge in [0.25, 0.3) is 5.91 Å². The number of piperidine rings is 1. The van der Waals surface area contributed by atoms with Gasteiger partial charge in [-0.1, -0.05) is 24.3 Å². The molecule has 3 aliphatic rings. The number of imide groups is 1. The maximum atomic E-state index is 13.1. The molecular formula is C24H26N6O3. The Morgan fingerprint density at radius 3 is 2.61 bits per heavy atom. The van der Waals surface area contributed by atoms with Gasteiger partial charge < -0.3 is 5.11 Å². The van der Waals surface area contributed by atoms with Gasteiger partial charge in [-0.05, 0) is 49.6 Å². The van der Waals surface area contributed by atoms with Gasteiger partial charge in [0.05, 0.1) is 5.69 Å². The molecule has 2 aromatic rings. The van der Waals surface area contributed by atoms with Crippen LogP contribution in [0, 0.1) is 6.92 Å². The van der Waals surface area contributed by atoms with Crippen molar-refractivity contribution in [3.05, 3.63) is 72.2 Å². The Balaban J connectivity index is 1.42. The van der Waals surface area contributed by atoms with E-state index in [1.165, 1.54) is 17.2 Å². The van der Waals surface area contributed by atoms with Crippen LogP contribution in [0.2, 0.25) is 0 Å². The molecule has 170 valence electrons. The lowest BCUT2D eigenvalue weighted by atomic mass is 9.86. The summed E-state index contributed by atoms with van der Waals surface area (Å²) in [6.45, 7) is 3.99. The van der Waals surface area contributed by atoms with Crippen LogP contribution < -0.4 is 10.2 Å². The number of hydrogen-bond donors (Lipinski definition) is 2. The number of urea groups is 1. The van der Waals surface area contributed by atoms with Crippen molar-refractivity contribution in [1.29, 1.82) is 0 Å². The fourth-order valence-corrected chi connectivity index (χ4v) is 4.75. The second-order valence-electron chi connectivity index (χ2n) is 8.56. The van der Waals surface area contributed by atoms with Crippen molar-refractivity contribution in [1.82, 2.24) is 20.1 Å². The van der Waals surface area contributed by atoms with E-state index in [4.69, 9.17) is 0 Å². The number of carbonyl (C=O) groups is 2. The fourth-order valence-electron chi connectivity index (χ4n) is 4.75. The van der Waals surface area contributed by atoms with Crippen LogP contribution >= 0.6 is 0 Å². The van der Waals surface area contributed by atoms with Crippen LogP contribution in [0.15, 0.2) is 65.9 Å². The lowest BCUT2D eigenvalue weighted by molar-refractivity contribution is -0.127. The summed E-state index contributed by atoms with van der Waals surface area (Å²) in [5, 5.41) is 13.2. The lowest BCUT2D eigenvalue weighted by Crippen LogP contribution is -2.62. The molecular weight excluding hydrogens is 420 g/mol. The van der Waals surface area contributed by atoms with Gasteiger partial charge in [-0.2, -0.15) is 0 Å². The number of rotatable bonds is 3. The number of hydrogen-bond acceptors (Lipinski definition) is 7. The zero-order valence-electron chi connectivity index (χ0n) is 18.4. The number of para-hydroxylation sites is 1. The zero-order valence-corrected chi connectivity index (χ0v) is 18.4. The molecule has 1 aromatic carbocycles. The van der Waals surface area contributed by atoms with Crippen LogP contribution in [0.5, 0.6) is 0 Å². The fraction of sp³-hybridized carbons (Fsp3) is 0.333. The van der Waals surface area contributed by atoms with E-state index < -0.39 is 17.8 Å². The van der Waals surface area contributed by atoms with Gasteiger partial charge in [0.15, 0.2) is 6.23 Å². The molecule has 2 N–H and O–H groups in total. The number of benzene rings is 1. The summed E-state index contributed by atoms with van der Waals surface area (Å²) < 4.78 is 0. The third-order valence-electron chi connectivity index (χ3n) is 6.61. The average molecular weight is 447 g/mol. The smallest absolute Gasteiger partial charge is 0.331 e. The minimum absolute atomic E-state index is 0.244. The standard InChI is InChI=1S/C24H26N6O3/c1-17-6-5-12-25-19(17)16-28-14-10-24(11-15-28)21(32)27-23(33)30(24)22-26-13-9-20(31)29(22)18-7-3-2-4-8-18/h2-9,12-13,20,31H,10-11,14-16H2,1H3,(H,27,32,33). The molecule has 1 aromatic heterocycles. The number of aliphatic hydroxyl groups excluding tert-OH is 1. The largest absolute Gasteiger partial charge is 0.369 e. The summed E-state index contributed by atoms with van der Waals surface area (Å²) in [7, 11) is 0. The van der Waals surface area contributed by atoms with E-state index in [1.807, 2.05) is 49.4 Å². The van der Waals surface area contributed by atoms with Crippen molar-refractivity contribution in [2.75, 3.05) is 18.0 Å². The Kier molecular flexibility index (Phi) is 5.43. The molecule has 0 bridgehead atoms. The maximum Gasteiger partial charge on any atom is 0.331 e. The summed E-state index contributed by atoms with van der Waals surface area (Å²) in [4.78, 5) is 40.3. The lowest BCUT2D eigenvalue weighted by Gasteiger charge is -2.45. The van der Waals surface area contributed by atoms with E-state index in [1.54, 1.807) is 11.1 Å². The molecule has 3 aliphatic heterocycles. The molecule has 3 amide bonds. The first-order valence-corrected chi connectivity index (χ1v) is 11.0. The molecule has 1 unspecified atom stereocenters. The SMILES string of the molecule is Cc1cccnc1CN1CCC2(CC1)C(=O)NC(=O)N2C1=NC=CC(O)N1c1ccccc1. The number of guanidine groups is 1. The summed E-state index contributed by atoms with van der Waals surface area (Å²) in [5.74, 6) is -0.0745. The quantitative estimate of drug-likeness (QED) is 0.700. The topological polar surface area (TPSA) is 101 Å². The Hall–Kier alpha value is -3.56. The number of amides is 3. The number of aliphatic imine (C=N–C) groups is 1. The van der Waals surface area contributed by atoms with Crippen LogP contribution in [0.25, 0.3) is 0 Å². The second-order valence-corrected chi connectivity index (χ2v) is 8.56. The van der Waals surface area contributed by atoms with Gasteiger partial charge in [-0.15, -0.1) is 0 Å². The van der Waals surface area contributed by atoms with E-state index in [9.17, 15) is 14.7 Å². The number of anilines is 1. The van der Waals surface area contributed by atoms with E-state index in [-0.39, 0.29) is 11.9 Å². The third-order valence-corrected chi connectivity index (χ3v) is 6.61. The molecule has 0 aliphatic carbocycles. The molecule has 1 spiro atoms. The molecule has 1 atom stereocenters. The van der Waals surface area contributed by atoms with E-state index in [0.29, 0.717) is 38.2 Å². The van der Waals surface area contributed by atoms with Crippen molar-refractivity contribution in [2.45, 2.75) is 38.1 Å². The average Bonchev–Trinajstić information content (AvgIpc) is 3.06. The molecule has 4 heterocycles. The van der Waals surface area contributed by atoms with Crippen molar-refractivity contribution in [2.24, 2.45) is 4.99 Å². The number of carbonyl (C=O) groups excluding carboxylic acids is 2. The molecule has 9 heteroatoms. The number of pyridine rings is 1. The summed E-state index contributed by atoms with van der Waals surface area (Å²) >= 11 is 0. The van der Waals surface area contributed by atoms with E-state index in [2.05, 4.69) is 20.2 Å². The summed E-state index contributed by atoms with van der Waals surface area (Å²) in [6.07, 6.45) is 4.71. The number of nitrogens with one attached hydrogen (secondary N) is 1. The number of nitrogens with zero attached hydrogens (tertiary/aromatic N) is 5. The molecule has 5 rings (SSSR count). The van der Waals surface area contributed by atoms with E-state index in [0.717, 1.165) is 11.3 Å². The Morgan fingerprint density at radius 1 is 1.12 bits per heavy atom.